The van der Waals surface area contributed by atoms with Crippen molar-refractivity contribution in [2.75, 3.05) is 6.61 Å². The van der Waals surface area contributed by atoms with E-state index in [4.69, 9.17) is 39.9 Å². The standard InChI is InChI=1S/C24H35N2P.C4H7O.3ClH.Cr/c1-17(2)27(18(3)4)26-23(20-15-13-19(5)14-16-20)25-22-12-10-9-11-21(22)24(6,7)8;1-2-4-5-3-1;;;;/h9-18H,1-8H3,(H,25,26);3H,1-2,4H2;3*1H;/q;-1;;;;+4/p-2. The quantitative estimate of drug-likeness (QED) is 0.158. The predicted octanol–water partition coefficient (Wildman–Crippen LogP) is 9.93. The molecule has 3 rings (SSSR count). The minimum atomic E-state index is -1.62. The number of para-hydroxylation sites is 1. The zero-order chi connectivity index (χ0) is 27.3. The molecule has 2 aromatic rings. The minimum absolute atomic E-state index is 0.0579. The van der Waals surface area contributed by atoms with E-state index < -0.39 is 19.5 Å². The molecule has 202 valence electrons. The molecule has 1 saturated heterocycles. The molecule has 8 heteroatoms. The molecule has 0 bridgehead atoms. The van der Waals surface area contributed by atoms with Crippen molar-refractivity contribution in [2.45, 2.75) is 85.0 Å². The van der Waals surface area contributed by atoms with Crippen molar-refractivity contribution in [3.8, 4) is 0 Å². The molecule has 0 spiro atoms. The molecule has 0 aromatic heterocycles. The summed E-state index contributed by atoms with van der Waals surface area (Å²) in [6.45, 7) is 20.9. The molecule has 0 atom stereocenters. The van der Waals surface area contributed by atoms with Crippen molar-refractivity contribution >= 4 is 49.7 Å². The van der Waals surface area contributed by atoms with Gasteiger partial charge in [0.2, 0.25) is 0 Å². The molecule has 36 heavy (non-hydrogen) atoms. The summed E-state index contributed by atoms with van der Waals surface area (Å²) >= 11 is -1.62. The Kier molecular flexibility index (Phi) is 16.2. The first-order chi connectivity index (χ1) is 16.8. The van der Waals surface area contributed by atoms with Crippen LogP contribution in [0, 0.1) is 13.5 Å². The van der Waals surface area contributed by atoms with Crippen LogP contribution in [0.1, 0.15) is 78.0 Å². The Labute approximate surface area is 238 Å². The van der Waals surface area contributed by atoms with Crippen molar-refractivity contribution in [3.63, 3.8) is 0 Å². The maximum absolute atomic E-state index is 5.16. The Morgan fingerprint density at radius 3 is 1.97 bits per heavy atom. The van der Waals surface area contributed by atoms with Crippen molar-refractivity contribution in [1.29, 1.82) is 0 Å². The normalized spacial score (nSPS) is 14.0. The third-order valence-electron chi connectivity index (χ3n) is 5.48. The number of ether oxygens (including phenoxy) is 1. The van der Waals surface area contributed by atoms with Gasteiger partial charge in [0, 0.05) is 12.2 Å². The molecule has 3 nitrogen and oxygen atoms in total. The zero-order valence-electron chi connectivity index (χ0n) is 22.9. The number of nitrogens with zero attached hydrogens (tertiary/aromatic N) is 1. The van der Waals surface area contributed by atoms with Gasteiger partial charge in [-0.15, -0.1) is 0 Å². The topological polar surface area (TPSA) is 33.6 Å². The summed E-state index contributed by atoms with van der Waals surface area (Å²) in [5.41, 5.74) is 6.08. The molecule has 0 radical (unpaired) electrons. The average molecular weight is 613 g/mol. The van der Waals surface area contributed by atoms with Crippen LogP contribution in [0.5, 0.6) is 0 Å². The number of benzene rings is 2. The number of amidine groups is 1. The van der Waals surface area contributed by atoms with Gasteiger partial charge in [-0.3, -0.25) is 0 Å². The van der Waals surface area contributed by atoms with Crippen LogP contribution < -0.4 is 5.09 Å². The van der Waals surface area contributed by atoms with E-state index >= 15 is 0 Å². The first-order valence-corrected chi connectivity index (χ1v) is 19.3. The van der Waals surface area contributed by atoms with Gasteiger partial charge in [0.25, 0.3) is 0 Å². The average Bonchev–Trinajstić information content (AvgIpc) is 3.36. The fourth-order valence-corrected chi connectivity index (χ4v) is 6.09. The van der Waals surface area contributed by atoms with Crippen molar-refractivity contribution in [1.82, 2.24) is 5.09 Å². The van der Waals surface area contributed by atoms with E-state index in [0.29, 0.717) is 11.3 Å². The van der Waals surface area contributed by atoms with Gasteiger partial charge in [0.1, 0.15) is 0 Å². The SMILES string of the molecule is Cc1ccc(C(=Nc2ccccc2C(C)(C)C)N[PH+](C(C)C)C(C)C)cc1.[CH-]1CCCO1.[Cl][Cr+]([Cl])[Cl]. The monoisotopic (exact) mass is 611 g/mol. The van der Waals surface area contributed by atoms with Crippen molar-refractivity contribution < 1.29 is 16.1 Å². The van der Waals surface area contributed by atoms with Crippen LogP contribution >= 0.6 is 38.2 Å². The van der Waals surface area contributed by atoms with Gasteiger partial charge in [-0.2, -0.15) is 6.42 Å². The van der Waals surface area contributed by atoms with Crippen LogP contribution in [0.2, 0.25) is 0 Å². The van der Waals surface area contributed by atoms with Crippen LogP contribution in [-0.2, 0) is 21.5 Å². The van der Waals surface area contributed by atoms with Crippen molar-refractivity contribution in [3.05, 3.63) is 71.8 Å². The van der Waals surface area contributed by atoms with E-state index in [0.717, 1.165) is 30.1 Å². The molecule has 0 saturated carbocycles. The second-order valence-electron chi connectivity index (χ2n) is 10.3. The Bertz CT molecular complexity index is 893. The molecular formula is C28H43Cl3CrN2OP+. The number of rotatable bonds is 5. The fraction of sp³-hybridized carbons (Fsp3) is 0.500. The number of halogens is 3. The third kappa shape index (κ3) is 13.5. The van der Waals surface area contributed by atoms with Gasteiger partial charge in [0.15, 0.2) is 5.84 Å². The molecule has 1 heterocycles. The summed E-state index contributed by atoms with van der Waals surface area (Å²) in [6, 6.07) is 17.2. The number of hydrogen-bond acceptors (Lipinski definition) is 2. The first-order valence-electron chi connectivity index (χ1n) is 12.4. The number of hydrogen-bond donors (Lipinski definition) is 1. The van der Waals surface area contributed by atoms with E-state index in [-0.39, 0.29) is 5.41 Å². The molecule has 1 N–H and O–H groups in total. The predicted molar refractivity (Wildman–Crippen MR) is 161 cm³/mol. The van der Waals surface area contributed by atoms with Gasteiger partial charge in [-0.25, -0.2) is 16.7 Å². The Morgan fingerprint density at radius 1 is 1.00 bits per heavy atom. The van der Waals surface area contributed by atoms with E-state index in [1.807, 2.05) is 6.61 Å². The van der Waals surface area contributed by atoms with E-state index in [9.17, 15) is 0 Å². The Hall–Kier alpha value is -0.298. The summed E-state index contributed by atoms with van der Waals surface area (Å²) in [7, 11) is 14.0. The van der Waals surface area contributed by atoms with Gasteiger partial charge >= 0.3 is 41.5 Å². The first kappa shape index (κ1) is 33.7. The summed E-state index contributed by atoms with van der Waals surface area (Å²) in [4.78, 5) is 5.16. The second kappa shape index (κ2) is 17.3. The number of nitrogens with one attached hydrogen (secondary N) is 1. The van der Waals surface area contributed by atoms with Crippen LogP contribution in [-0.4, -0.2) is 23.8 Å². The Morgan fingerprint density at radius 2 is 1.56 bits per heavy atom. The van der Waals surface area contributed by atoms with Crippen molar-refractivity contribution in [2.24, 2.45) is 4.99 Å². The van der Waals surface area contributed by atoms with Crippen LogP contribution in [0.15, 0.2) is 53.5 Å². The second-order valence-corrected chi connectivity index (χ2v) is 20.1. The summed E-state index contributed by atoms with van der Waals surface area (Å²) in [5, 5.41) is 3.87. The maximum atomic E-state index is 5.16. The summed E-state index contributed by atoms with van der Waals surface area (Å²) < 4.78 is 4.82. The molecule has 0 amide bonds. The van der Waals surface area contributed by atoms with E-state index in [2.05, 4.69) is 109 Å². The molecule has 0 unspecified atom stereocenters. The summed E-state index contributed by atoms with van der Waals surface area (Å²) in [5.74, 6) is 1.00. The van der Waals surface area contributed by atoms with Crippen LogP contribution in [0.4, 0.5) is 5.69 Å². The summed E-state index contributed by atoms with van der Waals surface area (Å²) in [6.07, 6.45) is 2.38. The van der Waals surface area contributed by atoms with E-state index in [1.54, 1.807) is 0 Å². The molecule has 1 aliphatic heterocycles. The van der Waals surface area contributed by atoms with Gasteiger partial charge in [-0.1, -0.05) is 75.2 Å². The molecule has 1 aliphatic rings. The van der Waals surface area contributed by atoms with Gasteiger partial charge in [-0.05, 0) is 51.7 Å². The fourth-order valence-electron chi connectivity index (χ4n) is 3.71. The van der Waals surface area contributed by atoms with Crippen LogP contribution in [0.3, 0.4) is 0 Å². The Balaban J connectivity index is 0.000000606. The number of aryl methyl sites for hydroxylation is 1. The molecule has 1 fully saturated rings. The molecule has 0 aliphatic carbocycles. The van der Waals surface area contributed by atoms with Gasteiger partial charge in [0.05, 0.1) is 25.1 Å². The van der Waals surface area contributed by atoms with Gasteiger partial charge < -0.3 is 4.74 Å². The molecule has 2 aromatic carbocycles. The zero-order valence-corrected chi connectivity index (χ0v) is 27.4. The van der Waals surface area contributed by atoms with E-state index in [1.165, 1.54) is 17.5 Å². The van der Waals surface area contributed by atoms with Crippen LogP contribution in [0.25, 0.3) is 0 Å². The number of aliphatic imine (C=N–C) groups is 1. The third-order valence-corrected chi connectivity index (χ3v) is 8.49. The molecular weight excluding hydrogens is 570 g/mol.